The van der Waals surface area contributed by atoms with E-state index in [0.717, 1.165) is 12.0 Å². The molecule has 2 bridgehead atoms. The van der Waals surface area contributed by atoms with Crippen molar-refractivity contribution in [3.05, 3.63) is 12.2 Å². The van der Waals surface area contributed by atoms with Crippen molar-refractivity contribution in [1.82, 2.24) is 5.32 Å². The van der Waals surface area contributed by atoms with E-state index < -0.39 is 5.41 Å². The second-order valence-electron chi connectivity index (χ2n) is 6.29. The van der Waals surface area contributed by atoms with Crippen molar-refractivity contribution < 1.29 is 9.59 Å². The van der Waals surface area contributed by atoms with Crippen LogP contribution < -0.4 is 5.32 Å². The number of hydrogen-bond donors (Lipinski definition) is 1. The van der Waals surface area contributed by atoms with Crippen molar-refractivity contribution in [3.63, 3.8) is 0 Å². The van der Waals surface area contributed by atoms with Gasteiger partial charge in [0.05, 0.1) is 11.3 Å². The Morgan fingerprint density at radius 1 is 1.61 bits per heavy atom. The maximum atomic E-state index is 12.8. The van der Waals surface area contributed by atoms with Gasteiger partial charge in [-0.15, -0.1) is 0 Å². The fourth-order valence-corrected chi connectivity index (χ4v) is 6.78. The summed E-state index contributed by atoms with van der Waals surface area (Å²) < 4.78 is 0. The molecule has 4 fully saturated rings. The Morgan fingerprint density at radius 3 is 2.94 bits per heavy atom. The minimum atomic E-state index is -0.434. The molecular weight excluding hydrogens is 294 g/mol. The summed E-state index contributed by atoms with van der Waals surface area (Å²) in [5.74, 6) is 2.00. The summed E-state index contributed by atoms with van der Waals surface area (Å²) in [6, 6.07) is 0. The van der Waals surface area contributed by atoms with Gasteiger partial charge in [0.1, 0.15) is 5.78 Å². The minimum Gasteiger partial charge on any atom is -0.359 e. The summed E-state index contributed by atoms with van der Waals surface area (Å²) in [4.78, 5) is 25.0. The van der Waals surface area contributed by atoms with Gasteiger partial charge in [-0.2, -0.15) is 0 Å². The van der Waals surface area contributed by atoms with Crippen LogP contribution in [0.15, 0.2) is 12.2 Å². The van der Waals surface area contributed by atoms with Crippen LogP contribution >= 0.6 is 15.9 Å². The second kappa shape index (κ2) is 3.09. The molecule has 4 rings (SSSR count). The summed E-state index contributed by atoms with van der Waals surface area (Å²) >= 11 is 3.54. The van der Waals surface area contributed by atoms with Gasteiger partial charge in [0.15, 0.2) is 0 Å². The van der Waals surface area contributed by atoms with Crippen LogP contribution in [0.3, 0.4) is 0 Å². The second-order valence-corrected chi connectivity index (χ2v) is 6.85. The van der Waals surface area contributed by atoms with E-state index in [2.05, 4.69) is 27.8 Å². The zero-order chi connectivity index (χ0) is 12.8. The summed E-state index contributed by atoms with van der Waals surface area (Å²) in [6.07, 6.45) is 1.04. The van der Waals surface area contributed by atoms with Crippen LogP contribution in [0.1, 0.15) is 6.42 Å². The average Bonchev–Trinajstić information content (AvgIpc) is 2.87. The van der Waals surface area contributed by atoms with Gasteiger partial charge in [0.25, 0.3) is 0 Å². The standard InChI is InChI=1S/C14H16BrNO2/c1-5-8-6-3-7-10(8)9(5)12(17)14(7,4-15)11(6)13(18)16-2/h6-11H,1,3-4H2,2H3,(H,16,18). The van der Waals surface area contributed by atoms with E-state index in [9.17, 15) is 9.59 Å². The van der Waals surface area contributed by atoms with Crippen LogP contribution in [0.25, 0.3) is 0 Å². The first kappa shape index (κ1) is 11.2. The number of amides is 1. The molecular formula is C14H16BrNO2. The number of fused-ring (bicyclic) bond motifs is 2. The molecule has 0 spiro atoms. The first-order valence-corrected chi connectivity index (χ1v) is 7.72. The fourth-order valence-electron chi connectivity index (χ4n) is 5.74. The predicted molar refractivity (Wildman–Crippen MR) is 70.0 cm³/mol. The molecule has 4 aliphatic carbocycles. The molecule has 0 aromatic heterocycles. The molecule has 7 unspecified atom stereocenters. The maximum absolute atomic E-state index is 12.8. The monoisotopic (exact) mass is 309 g/mol. The Bertz CT molecular complexity index is 502. The largest absolute Gasteiger partial charge is 0.359 e. The van der Waals surface area contributed by atoms with Gasteiger partial charge in [-0.25, -0.2) is 0 Å². The maximum Gasteiger partial charge on any atom is 0.224 e. The van der Waals surface area contributed by atoms with Crippen molar-refractivity contribution >= 4 is 27.6 Å². The van der Waals surface area contributed by atoms with Gasteiger partial charge >= 0.3 is 0 Å². The number of Topliss-reactive ketones (excluding diaryl/α,β-unsaturated/α-hetero) is 1. The van der Waals surface area contributed by atoms with Gasteiger partial charge in [-0.1, -0.05) is 28.1 Å². The highest BCUT2D eigenvalue weighted by molar-refractivity contribution is 9.09. The SMILES string of the molecule is C=C1C2C(=O)C3(CBr)C4CC(C1C24)C3C(=O)NC. The van der Waals surface area contributed by atoms with E-state index in [1.165, 1.54) is 0 Å². The molecule has 1 amide bonds. The highest BCUT2D eigenvalue weighted by Gasteiger charge is 2.81. The van der Waals surface area contributed by atoms with Crippen LogP contribution in [0.4, 0.5) is 0 Å². The molecule has 96 valence electrons. The molecule has 0 aliphatic heterocycles. The Kier molecular flexibility index (Phi) is 1.92. The van der Waals surface area contributed by atoms with E-state index in [0.29, 0.717) is 34.8 Å². The lowest BCUT2D eigenvalue weighted by molar-refractivity contribution is -0.138. The lowest BCUT2D eigenvalue weighted by Gasteiger charge is -2.46. The van der Waals surface area contributed by atoms with Crippen LogP contribution in [-0.4, -0.2) is 24.1 Å². The molecule has 0 aromatic rings. The number of ketones is 1. The molecule has 0 heterocycles. The molecule has 3 nitrogen and oxygen atoms in total. The first-order valence-electron chi connectivity index (χ1n) is 6.60. The quantitative estimate of drug-likeness (QED) is 0.619. The third-order valence-corrected chi connectivity index (χ3v) is 7.14. The Morgan fingerprint density at radius 2 is 2.33 bits per heavy atom. The number of carbonyl (C=O) groups excluding carboxylic acids is 2. The minimum absolute atomic E-state index is 0.0501. The van der Waals surface area contributed by atoms with Crippen molar-refractivity contribution in [3.8, 4) is 0 Å². The highest BCUT2D eigenvalue weighted by atomic mass is 79.9. The Balaban J connectivity index is 1.91. The van der Waals surface area contributed by atoms with Gasteiger partial charge in [0.2, 0.25) is 5.91 Å². The molecule has 0 radical (unpaired) electrons. The van der Waals surface area contributed by atoms with Crippen molar-refractivity contribution in [2.75, 3.05) is 12.4 Å². The molecule has 0 aromatic carbocycles. The summed E-state index contributed by atoms with van der Waals surface area (Å²) in [5, 5.41) is 3.40. The van der Waals surface area contributed by atoms with E-state index in [1.807, 2.05) is 0 Å². The van der Waals surface area contributed by atoms with Crippen molar-refractivity contribution in [1.29, 1.82) is 0 Å². The molecule has 0 saturated heterocycles. The van der Waals surface area contributed by atoms with Gasteiger partial charge in [-0.05, 0) is 30.1 Å². The fraction of sp³-hybridized carbons (Fsp3) is 0.714. The average molecular weight is 310 g/mol. The number of hydrogen-bond acceptors (Lipinski definition) is 2. The zero-order valence-corrected chi connectivity index (χ0v) is 11.9. The number of alkyl halides is 1. The molecule has 4 aliphatic rings. The zero-order valence-electron chi connectivity index (χ0n) is 10.3. The number of halogens is 1. The van der Waals surface area contributed by atoms with Crippen LogP contribution in [0, 0.1) is 40.9 Å². The lowest BCUT2D eigenvalue weighted by Crippen LogP contribution is -2.49. The first-order chi connectivity index (χ1) is 8.59. The lowest BCUT2D eigenvalue weighted by atomic mass is 9.57. The Hall–Kier alpha value is -0.640. The molecule has 1 N–H and O–H groups in total. The molecule has 4 saturated carbocycles. The number of carbonyl (C=O) groups is 2. The summed E-state index contributed by atoms with van der Waals surface area (Å²) in [7, 11) is 1.67. The molecule has 18 heavy (non-hydrogen) atoms. The van der Waals surface area contributed by atoms with Gasteiger partial charge < -0.3 is 5.32 Å². The van der Waals surface area contributed by atoms with E-state index in [-0.39, 0.29) is 17.7 Å². The highest BCUT2D eigenvalue weighted by Crippen LogP contribution is 2.79. The van der Waals surface area contributed by atoms with Gasteiger partial charge in [-0.3, -0.25) is 9.59 Å². The van der Waals surface area contributed by atoms with Crippen LogP contribution in [-0.2, 0) is 9.59 Å². The molecule has 7 atom stereocenters. The number of nitrogens with one attached hydrogen (secondary N) is 1. The van der Waals surface area contributed by atoms with E-state index >= 15 is 0 Å². The topological polar surface area (TPSA) is 46.2 Å². The van der Waals surface area contributed by atoms with E-state index in [4.69, 9.17) is 0 Å². The van der Waals surface area contributed by atoms with Crippen molar-refractivity contribution in [2.45, 2.75) is 6.42 Å². The van der Waals surface area contributed by atoms with E-state index in [1.54, 1.807) is 7.05 Å². The third kappa shape index (κ3) is 0.814. The number of allylic oxidation sites excluding steroid dienone is 1. The normalized spacial score (nSPS) is 54.8. The summed E-state index contributed by atoms with van der Waals surface area (Å²) in [5.41, 5.74) is 0.683. The number of rotatable bonds is 2. The van der Waals surface area contributed by atoms with Crippen LogP contribution in [0.2, 0.25) is 0 Å². The third-order valence-electron chi connectivity index (χ3n) is 6.22. The van der Waals surface area contributed by atoms with Crippen molar-refractivity contribution in [2.24, 2.45) is 40.9 Å². The van der Waals surface area contributed by atoms with Crippen LogP contribution in [0.5, 0.6) is 0 Å². The van der Waals surface area contributed by atoms with Gasteiger partial charge in [0, 0.05) is 18.3 Å². The smallest absolute Gasteiger partial charge is 0.224 e. The molecule has 4 heteroatoms. The Labute approximate surface area is 115 Å². The predicted octanol–water partition coefficient (Wildman–Crippen LogP) is 1.38. The summed E-state index contributed by atoms with van der Waals surface area (Å²) in [6.45, 7) is 4.13.